The summed E-state index contributed by atoms with van der Waals surface area (Å²) in [5, 5.41) is 3.42. The first-order valence-electron chi connectivity index (χ1n) is 9.58. The van der Waals surface area contributed by atoms with Crippen molar-refractivity contribution in [2.45, 2.75) is 51.0 Å². The molecule has 138 valence electrons. The van der Waals surface area contributed by atoms with Crippen LogP contribution in [0.2, 0.25) is 0 Å². The summed E-state index contributed by atoms with van der Waals surface area (Å²) in [5.74, 6) is 0.831. The molecule has 3 rings (SSSR count). The van der Waals surface area contributed by atoms with Gasteiger partial charge in [-0.25, -0.2) is 4.39 Å². The Morgan fingerprint density at radius 3 is 2.68 bits per heavy atom. The number of piperidine rings is 1. The molecule has 1 N–H and O–H groups in total. The third-order valence-corrected chi connectivity index (χ3v) is 5.30. The van der Waals surface area contributed by atoms with Gasteiger partial charge in [0, 0.05) is 31.7 Å². The number of nitrogens with zero attached hydrogens (tertiary/aromatic N) is 2. The standard InChI is InChI=1S/C20H30FN3O/c1-3-22-19(24-12-8-18(9-13-24)25-4-2)23-15-20(10-11-20)16-6-5-7-17(21)14-16/h5-7,14,18H,3-4,8-13,15H2,1-2H3,(H,22,23). The molecular formula is C20H30FN3O. The van der Waals surface area contributed by atoms with E-state index >= 15 is 0 Å². The zero-order valence-corrected chi connectivity index (χ0v) is 15.4. The smallest absolute Gasteiger partial charge is 0.193 e. The van der Waals surface area contributed by atoms with E-state index in [2.05, 4.69) is 24.1 Å². The number of hydrogen-bond acceptors (Lipinski definition) is 2. The molecule has 0 atom stereocenters. The van der Waals surface area contributed by atoms with E-state index in [0.717, 1.165) is 70.0 Å². The molecule has 0 bridgehead atoms. The lowest BCUT2D eigenvalue weighted by atomic mass is 9.96. The lowest BCUT2D eigenvalue weighted by Gasteiger charge is -2.34. The third-order valence-electron chi connectivity index (χ3n) is 5.30. The first-order chi connectivity index (χ1) is 12.2. The van der Waals surface area contributed by atoms with Crippen LogP contribution < -0.4 is 5.32 Å². The number of aliphatic imine (C=N–C) groups is 1. The van der Waals surface area contributed by atoms with E-state index in [9.17, 15) is 4.39 Å². The van der Waals surface area contributed by atoms with Crippen LogP contribution in [-0.4, -0.2) is 49.7 Å². The number of rotatable bonds is 6. The Morgan fingerprint density at radius 2 is 2.08 bits per heavy atom. The molecule has 4 nitrogen and oxygen atoms in total. The second-order valence-electron chi connectivity index (χ2n) is 7.10. The number of benzene rings is 1. The first kappa shape index (κ1) is 18.2. The minimum absolute atomic E-state index is 0.0341. The van der Waals surface area contributed by atoms with Gasteiger partial charge in [0.2, 0.25) is 0 Å². The van der Waals surface area contributed by atoms with E-state index in [0.29, 0.717) is 6.10 Å². The molecule has 1 heterocycles. The van der Waals surface area contributed by atoms with Crippen molar-refractivity contribution in [2.24, 2.45) is 4.99 Å². The molecule has 1 saturated heterocycles. The van der Waals surface area contributed by atoms with Gasteiger partial charge in [0.25, 0.3) is 0 Å². The van der Waals surface area contributed by atoms with Crippen LogP contribution in [0, 0.1) is 5.82 Å². The van der Waals surface area contributed by atoms with E-state index in [1.165, 1.54) is 6.07 Å². The highest BCUT2D eigenvalue weighted by atomic mass is 19.1. The maximum Gasteiger partial charge on any atom is 0.193 e. The van der Waals surface area contributed by atoms with Crippen molar-refractivity contribution in [3.63, 3.8) is 0 Å². The topological polar surface area (TPSA) is 36.9 Å². The van der Waals surface area contributed by atoms with Gasteiger partial charge in [-0.15, -0.1) is 0 Å². The summed E-state index contributed by atoms with van der Waals surface area (Å²) in [5.41, 5.74) is 1.12. The molecule has 1 aliphatic heterocycles. The summed E-state index contributed by atoms with van der Waals surface area (Å²) in [4.78, 5) is 7.25. The van der Waals surface area contributed by atoms with E-state index in [-0.39, 0.29) is 11.2 Å². The monoisotopic (exact) mass is 347 g/mol. The molecule has 0 amide bonds. The van der Waals surface area contributed by atoms with Gasteiger partial charge in [-0.05, 0) is 57.2 Å². The van der Waals surface area contributed by atoms with Gasteiger partial charge < -0.3 is 15.0 Å². The number of ether oxygens (including phenoxy) is 1. The number of guanidine groups is 1. The van der Waals surface area contributed by atoms with Gasteiger partial charge in [0.1, 0.15) is 5.82 Å². The molecule has 0 aromatic heterocycles. The normalized spacial score (nSPS) is 20.6. The molecule has 2 fully saturated rings. The second kappa shape index (κ2) is 8.17. The minimum Gasteiger partial charge on any atom is -0.378 e. The maximum absolute atomic E-state index is 13.6. The Kier molecular flexibility index (Phi) is 5.94. The van der Waals surface area contributed by atoms with Crippen LogP contribution in [0.3, 0.4) is 0 Å². The molecule has 5 heteroatoms. The zero-order chi connectivity index (χ0) is 17.7. The Bertz CT molecular complexity index is 592. The number of likely N-dealkylation sites (tertiary alicyclic amines) is 1. The average molecular weight is 347 g/mol. The van der Waals surface area contributed by atoms with Gasteiger partial charge in [-0.1, -0.05) is 12.1 Å². The van der Waals surface area contributed by atoms with E-state index in [1.54, 1.807) is 12.1 Å². The number of halogens is 1. The van der Waals surface area contributed by atoms with Gasteiger partial charge in [-0.3, -0.25) is 4.99 Å². The first-order valence-corrected chi connectivity index (χ1v) is 9.58. The van der Waals surface area contributed by atoms with Crippen LogP contribution in [0.25, 0.3) is 0 Å². The SMILES string of the molecule is CCNC(=NCC1(c2cccc(F)c2)CC1)N1CCC(OCC)CC1. The molecule has 2 aliphatic rings. The summed E-state index contributed by atoms with van der Waals surface area (Å²) in [6.45, 7) is 8.48. The van der Waals surface area contributed by atoms with Crippen molar-refractivity contribution >= 4 is 5.96 Å². The summed E-state index contributed by atoms with van der Waals surface area (Å²) < 4.78 is 19.3. The Balaban J connectivity index is 1.65. The van der Waals surface area contributed by atoms with Crippen LogP contribution in [0.4, 0.5) is 4.39 Å². The van der Waals surface area contributed by atoms with Crippen molar-refractivity contribution < 1.29 is 9.13 Å². The molecule has 0 spiro atoms. The highest BCUT2D eigenvalue weighted by Crippen LogP contribution is 2.48. The fourth-order valence-corrected chi connectivity index (χ4v) is 3.63. The fourth-order valence-electron chi connectivity index (χ4n) is 3.63. The lowest BCUT2D eigenvalue weighted by molar-refractivity contribution is 0.0263. The summed E-state index contributed by atoms with van der Waals surface area (Å²) in [6.07, 6.45) is 4.66. The number of nitrogens with one attached hydrogen (secondary N) is 1. The maximum atomic E-state index is 13.6. The molecule has 1 aromatic carbocycles. The van der Waals surface area contributed by atoms with Crippen molar-refractivity contribution in [1.29, 1.82) is 0 Å². The van der Waals surface area contributed by atoms with E-state index in [4.69, 9.17) is 9.73 Å². The van der Waals surface area contributed by atoms with Crippen LogP contribution in [0.1, 0.15) is 45.1 Å². The summed E-state index contributed by atoms with van der Waals surface area (Å²) in [7, 11) is 0. The Hall–Kier alpha value is -1.62. The van der Waals surface area contributed by atoms with E-state index in [1.807, 2.05) is 6.07 Å². The third kappa shape index (κ3) is 4.51. The Morgan fingerprint density at radius 1 is 1.32 bits per heavy atom. The van der Waals surface area contributed by atoms with Gasteiger partial charge in [0.15, 0.2) is 5.96 Å². The van der Waals surface area contributed by atoms with Gasteiger partial charge in [0.05, 0.1) is 12.6 Å². The lowest BCUT2D eigenvalue weighted by Crippen LogP contribution is -2.47. The summed E-state index contributed by atoms with van der Waals surface area (Å²) >= 11 is 0. The highest BCUT2D eigenvalue weighted by molar-refractivity contribution is 5.80. The van der Waals surface area contributed by atoms with Crippen molar-refractivity contribution in [3.8, 4) is 0 Å². The molecule has 1 aliphatic carbocycles. The van der Waals surface area contributed by atoms with Crippen LogP contribution >= 0.6 is 0 Å². The quantitative estimate of drug-likeness (QED) is 0.633. The molecule has 25 heavy (non-hydrogen) atoms. The van der Waals surface area contributed by atoms with Crippen molar-refractivity contribution in [3.05, 3.63) is 35.6 Å². The molecule has 0 radical (unpaired) electrons. The van der Waals surface area contributed by atoms with Crippen molar-refractivity contribution in [1.82, 2.24) is 10.2 Å². The van der Waals surface area contributed by atoms with Gasteiger partial charge >= 0.3 is 0 Å². The van der Waals surface area contributed by atoms with E-state index < -0.39 is 0 Å². The fraction of sp³-hybridized carbons (Fsp3) is 0.650. The largest absolute Gasteiger partial charge is 0.378 e. The molecular weight excluding hydrogens is 317 g/mol. The second-order valence-corrected chi connectivity index (χ2v) is 7.10. The predicted molar refractivity (Wildman–Crippen MR) is 99.5 cm³/mol. The predicted octanol–water partition coefficient (Wildman–Crippen LogP) is 3.32. The van der Waals surface area contributed by atoms with Crippen LogP contribution in [0.15, 0.2) is 29.3 Å². The molecule has 0 unspecified atom stereocenters. The minimum atomic E-state index is -0.155. The average Bonchev–Trinajstić information content (AvgIpc) is 3.41. The van der Waals surface area contributed by atoms with Gasteiger partial charge in [-0.2, -0.15) is 0 Å². The van der Waals surface area contributed by atoms with Crippen LogP contribution in [-0.2, 0) is 10.2 Å². The summed E-state index contributed by atoms with van der Waals surface area (Å²) in [6, 6.07) is 7.02. The Labute approximate surface area is 150 Å². The van der Waals surface area contributed by atoms with Crippen molar-refractivity contribution in [2.75, 3.05) is 32.8 Å². The molecule has 1 aromatic rings. The number of hydrogen-bond donors (Lipinski definition) is 1. The zero-order valence-electron chi connectivity index (χ0n) is 15.4. The van der Waals surface area contributed by atoms with Crippen LogP contribution in [0.5, 0.6) is 0 Å². The molecule has 1 saturated carbocycles. The highest BCUT2D eigenvalue weighted by Gasteiger charge is 2.44.